The Hall–Kier alpha value is -1.57. The van der Waals surface area contributed by atoms with Crippen LogP contribution in [0.1, 0.15) is 4.88 Å². The molecule has 1 N–H and O–H groups in total. The highest BCUT2D eigenvalue weighted by Crippen LogP contribution is 2.25. The van der Waals surface area contributed by atoms with E-state index >= 15 is 0 Å². The number of benzene rings is 1. The third kappa shape index (κ3) is 6.14. The number of rotatable bonds is 7. The van der Waals surface area contributed by atoms with Gasteiger partial charge < -0.3 is 10.2 Å². The van der Waals surface area contributed by atoms with Gasteiger partial charge in [0.05, 0.1) is 16.6 Å². The lowest BCUT2D eigenvalue weighted by atomic mass is 10.3. The zero-order valence-electron chi connectivity index (χ0n) is 12.9. The number of carbonyl (C=O) groups excluding carboxylic acids is 2. The molecule has 0 saturated heterocycles. The largest absolute Gasteiger partial charge is 0.336 e. The Balaban J connectivity index is 1.73. The van der Waals surface area contributed by atoms with Crippen molar-refractivity contribution >= 4 is 52.2 Å². The summed E-state index contributed by atoms with van der Waals surface area (Å²) in [6.45, 7) is -0.0826. The second-order valence-electron chi connectivity index (χ2n) is 5.01. The number of nitrogens with one attached hydrogen (secondary N) is 1. The van der Waals surface area contributed by atoms with Crippen LogP contribution >= 0.6 is 34.7 Å². The van der Waals surface area contributed by atoms with E-state index in [1.807, 2.05) is 12.1 Å². The van der Waals surface area contributed by atoms with Gasteiger partial charge in [0.1, 0.15) is 5.82 Å². The first kappa shape index (κ1) is 18.8. The average molecular weight is 387 g/mol. The summed E-state index contributed by atoms with van der Waals surface area (Å²) in [5.41, 5.74) is 0.366. The number of anilines is 1. The molecular weight excluding hydrogens is 371 g/mol. The lowest BCUT2D eigenvalue weighted by Crippen LogP contribution is -2.36. The smallest absolute Gasteiger partial charge is 0.243 e. The number of nitrogens with zero attached hydrogens (tertiary/aromatic N) is 1. The van der Waals surface area contributed by atoms with Crippen LogP contribution in [0.5, 0.6) is 0 Å². The molecule has 0 spiro atoms. The molecule has 2 aromatic rings. The van der Waals surface area contributed by atoms with Crippen LogP contribution in [0.2, 0.25) is 4.34 Å². The van der Waals surface area contributed by atoms with Crippen molar-refractivity contribution in [2.24, 2.45) is 0 Å². The second kappa shape index (κ2) is 9.05. The van der Waals surface area contributed by atoms with Crippen molar-refractivity contribution in [1.82, 2.24) is 4.90 Å². The van der Waals surface area contributed by atoms with Gasteiger partial charge in [0.2, 0.25) is 11.8 Å². The second-order valence-corrected chi connectivity index (χ2v) is 7.79. The van der Waals surface area contributed by atoms with Crippen molar-refractivity contribution < 1.29 is 14.0 Å². The van der Waals surface area contributed by atoms with E-state index in [0.29, 0.717) is 11.4 Å². The third-order valence-corrected chi connectivity index (χ3v) is 5.39. The fraction of sp³-hybridized carbons (Fsp3) is 0.250. The van der Waals surface area contributed by atoms with Crippen LogP contribution < -0.4 is 5.32 Å². The fourth-order valence-electron chi connectivity index (χ4n) is 1.85. The SMILES string of the molecule is CN(CC(=O)Nc1cccc(F)c1)C(=O)CSCc1ccc(Cl)s1. The summed E-state index contributed by atoms with van der Waals surface area (Å²) in [7, 11) is 1.57. The van der Waals surface area contributed by atoms with E-state index in [0.717, 1.165) is 9.21 Å². The highest BCUT2D eigenvalue weighted by molar-refractivity contribution is 7.99. The maximum atomic E-state index is 13.1. The molecule has 1 aromatic carbocycles. The molecule has 0 fully saturated rings. The number of halogens is 2. The molecule has 1 heterocycles. The summed E-state index contributed by atoms with van der Waals surface area (Å²) in [6, 6.07) is 9.37. The summed E-state index contributed by atoms with van der Waals surface area (Å²) in [4.78, 5) is 26.4. The summed E-state index contributed by atoms with van der Waals surface area (Å²) in [5, 5.41) is 2.56. The molecule has 0 aliphatic heterocycles. The van der Waals surface area contributed by atoms with E-state index in [1.165, 1.54) is 46.2 Å². The molecular formula is C16H16ClFN2O2S2. The van der Waals surface area contributed by atoms with E-state index < -0.39 is 5.82 Å². The Morgan fingerprint density at radius 1 is 1.33 bits per heavy atom. The van der Waals surface area contributed by atoms with Crippen LogP contribution in [0.25, 0.3) is 0 Å². The van der Waals surface area contributed by atoms with Crippen molar-refractivity contribution in [2.75, 3.05) is 24.7 Å². The Kier molecular flexibility index (Phi) is 7.08. The highest BCUT2D eigenvalue weighted by Gasteiger charge is 2.13. The van der Waals surface area contributed by atoms with Crippen molar-refractivity contribution in [3.05, 3.63) is 51.4 Å². The van der Waals surface area contributed by atoms with E-state index in [1.54, 1.807) is 13.1 Å². The van der Waals surface area contributed by atoms with E-state index in [4.69, 9.17) is 11.6 Å². The molecule has 0 unspecified atom stereocenters. The van der Waals surface area contributed by atoms with Gasteiger partial charge in [-0.05, 0) is 30.3 Å². The lowest BCUT2D eigenvalue weighted by molar-refractivity contribution is -0.131. The third-order valence-electron chi connectivity index (χ3n) is 3.01. The van der Waals surface area contributed by atoms with Crippen LogP contribution in [0.15, 0.2) is 36.4 Å². The van der Waals surface area contributed by atoms with Gasteiger partial charge in [0, 0.05) is 23.4 Å². The van der Waals surface area contributed by atoms with E-state index in [-0.39, 0.29) is 24.1 Å². The molecule has 0 aliphatic rings. The number of hydrogen-bond acceptors (Lipinski definition) is 4. The van der Waals surface area contributed by atoms with Gasteiger partial charge in [-0.15, -0.1) is 23.1 Å². The summed E-state index contributed by atoms with van der Waals surface area (Å²) in [6.07, 6.45) is 0. The van der Waals surface area contributed by atoms with Gasteiger partial charge in [-0.1, -0.05) is 17.7 Å². The Labute approximate surface area is 153 Å². The minimum atomic E-state index is -0.428. The topological polar surface area (TPSA) is 49.4 Å². The quantitative estimate of drug-likeness (QED) is 0.785. The first-order valence-corrected chi connectivity index (χ1v) is 9.40. The maximum Gasteiger partial charge on any atom is 0.243 e. The molecule has 4 nitrogen and oxygen atoms in total. The molecule has 2 rings (SSSR count). The Morgan fingerprint density at radius 2 is 2.12 bits per heavy atom. The number of hydrogen-bond donors (Lipinski definition) is 1. The maximum absolute atomic E-state index is 13.1. The summed E-state index contributed by atoms with van der Waals surface area (Å²) >= 11 is 8.81. The molecule has 0 aliphatic carbocycles. The van der Waals surface area contributed by atoms with Gasteiger partial charge >= 0.3 is 0 Å². The zero-order valence-corrected chi connectivity index (χ0v) is 15.3. The Morgan fingerprint density at radius 3 is 2.79 bits per heavy atom. The van der Waals surface area contributed by atoms with Gasteiger partial charge in [-0.3, -0.25) is 9.59 Å². The normalized spacial score (nSPS) is 10.5. The predicted octanol–water partition coefficient (Wildman–Crippen LogP) is 3.87. The van der Waals surface area contributed by atoms with Crippen LogP contribution in [0, 0.1) is 5.82 Å². The predicted molar refractivity (Wildman–Crippen MR) is 98.2 cm³/mol. The monoisotopic (exact) mass is 386 g/mol. The number of likely N-dealkylation sites (N-methyl/N-ethyl adjacent to an activating group) is 1. The van der Waals surface area contributed by atoms with Crippen molar-refractivity contribution in [3.63, 3.8) is 0 Å². The molecule has 0 saturated carbocycles. The van der Waals surface area contributed by atoms with Crippen molar-refractivity contribution in [1.29, 1.82) is 0 Å². The molecule has 24 heavy (non-hydrogen) atoms. The molecule has 8 heteroatoms. The molecule has 2 amide bonds. The number of thiophene rings is 1. The van der Waals surface area contributed by atoms with Crippen LogP contribution in [0.3, 0.4) is 0 Å². The number of thioether (sulfide) groups is 1. The average Bonchev–Trinajstić information content (AvgIpc) is 2.92. The van der Waals surface area contributed by atoms with Gasteiger partial charge in [-0.25, -0.2) is 4.39 Å². The number of amides is 2. The molecule has 128 valence electrons. The van der Waals surface area contributed by atoms with Gasteiger partial charge in [0.25, 0.3) is 0 Å². The molecule has 0 radical (unpaired) electrons. The first-order chi connectivity index (χ1) is 11.4. The number of carbonyl (C=O) groups is 2. The van der Waals surface area contributed by atoms with Crippen LogP contribution in [-0.2, 0) is 15.3 Å². The van der Waals surface area contributed by atoms with Crippen molar-refractivity contribution in [3.8, 4) is 0 Å². The van der Waals surface area contributed by atoms with Gasteiger partial charge in [0.15, 0.2) is 0 Å². The molecule has 0 atom stereocenters. The van der Waals surface area contributed by atoms with E-state index in [2.05, 4.69) is 5.32 Å². The minimum Gasteiger partial charge on any atom is -0.336 e. The standard InChI is InChI=1S/C16H16ClFN2O2S2/c1-20(8-15(21)19-12-4-2-3-11(18)7-12)16(22)10-23-9-13-5-6-14(17)24-13/h2-7H,8-10H2,1H3,(H,19,21). The van der Waals surface area contributed by atoms with Crippen LogP contribution in [0.4, 0.5) is 10.1 Å². The van der Waals surface area contributed by atoms with Gasteiger partial charge in [-0.2, -0.15) is 0 Å². The highest BCUT2D eigenvalue weighted by atomic mass is 35.5. The van der Waals surface area contributed by atoms with E-state index in [9.17, 15) is 14.0 Å². The fourth-order valence-corrected chi connectivity index (χ4v) is 4.01. The Bertz CT molecular complexity index is 724. The van der Waals surface area contributed by atoms with Crippen molar-refractivity contribution in [2.45, 2.75) is 5.75 Å². The lowest BCUT2D eigenvalue weighted by Gasteiger charge is -2.16. The molecule has 0 bridgehead atoms. The summed E-state index contributed by atoms with van der Waals surface area (Å²) < 4.78 is 13.8. The minimum absolute atomic E-state index is 0.0826. The molecule has 1 aromatic heterocycles. The zero-order chi connectivity index (χ0) is 17.5. The first-order valence-electron chi connectivity index (χ1n) is 7.05. The summed E-state index contributed by atoms with van der Waals surface area (Å²) in [5.74, 6) is 0.0389. The van der Waals surface area contributed by atoms with Crippen LogP contribution in [-0.4, -0.2) is 36.1 Å².